The Bertz CT molecular complexity index is 401. The summed E-state index contributed by atoms with van der Waals surface area (Å²) in [6.45, 7) is 3.15. The van der Waals surface area contributed by atoms with Crippen LogP contribution in [0.25, 0.3) is 0 Å². The molecule has 0 radical (unpaired) electrons. The lowest BCUT2D eigenvalue weighted by Crippen LogP contribution is -2.14. The largest absolute Gasteiger partial charge is 0.477 e. The van der Waals surface area contributed by atoms with Crippen LogP contribution in [0.5, 0.6) is 0 Å². The highest BCUT2D eigenvalue weighted by Crippen LogP contribution is 2.13. The molecule has 0 fully saturated rings. The molecule has 1 heterocycles. The number of carboxylic acids is 1. The predicted molar refractivity (Wildman–Crippen MR) is 54.5 cm³/mol. The third kappa shape index (κ3) is 3.21. The fraction of sp³-hybridized carbons (Fsp3) is 0.300. The van der Waals surface area contributed by atoms with Crippen molar-refractivity contribution in [3.05, 3.63) is 21.9 Å². The van der Waals surface area contributed by atoms with Crippen LogP contribution < -0.4 is 0 Å². The minimum Gasteiger partial charge on any atom is -0.477 e. The lowest BCUT2D eigenvalue weighted by Gasteiger charge is -2.05. The number of rotatable bonds is 1. The first-order valence-electron chi connectivity index (χ1n) is 3.96. The lowest BCUT2D eigenvalue weighted by molar-refractivity contribution is 0.0702. The molecule has 2 N–H and O–H groups in total. The van der Waals surface area contributed by atoms with E-state index in [0.29, 0.717) is 5.56 Å². The van der Waals surface area contributed by atoms with E-state index in [1.165, 1.54) is 6.07 Å². The summed E-state index contributed by atoms with van der Waals surface area (Å²) in [6.07, 6.45) is 0. The molecular weight excluding hydrogens is 200 g/mol. The maximum atomic E-state index is 10.5. The summed E-state index contributed by atoms with van der Waals surface area (Å²) in [6, 6.07) is 1.49. The molecule has 0 aliphatic carbocycles. The molecule has 14 heavy (non-hydrogen) atoms. The summed E-state index contributed by atoms with van der Waals surface area (Å²) in [5.74, 6) is 4.36. The quantitative estimate of drug-likeness (QED) is 0.692. The van der Waals surface area contributed by atoms with Crippen LogP contribution in [0.15, 0.2) is 11.4 Å². The molecule has 1 aromatic rings. The minimum absolute atomic E-state index is 0.255. The molecule has 0 saturated heterocycles. The van der Waals surface area contributed by atoms with Crippen LogP contribution >= 0.6 is 11.3 Å². The Hall–Kier alpha value is -1.31. The molecule has 4 heteroatoms. The van der Waals surface area contributed by atoms with Gasteiger partial charge >= 0.3 is 5.97 Å². The van der Waals surface area contributed by atoms with E-state index in [2.05, 4.69) is 11.8 Å². The zero-order chi connectivity index (χ0) is 10.8. The summed E-state index contributed by atoms with van der Waals surface area (Å²) in [4.78, 5) is 10.8. The molecule has 0 saturated carbocycles. The van der Waals surface area contributed by atoms with Gasteiger partial charge in [-0.1, -0.05) is 11.8 Å². The predicted octanol–water partition coefficient (Wildman–Crippen LogP) is 1.57. The number of aliphatic hydroxyl groups is 1. The summed E-state index contributed by atoms with van der Waals surface area (Å²) in [5, 5.41) is 19.6. The first-order chi connectivity index (χ1) is 6.38. The molecule has 74 valence electrons. The van der Waals surface area contributed by atoms with Crippen LogP contribution in [0, 0.1) is 11.8 Å². The van der Waals surface area contributed by atoms with Crippen molar-refractivity contribution in [2.24, 2.45) is 0 Å². The number of thiophene rings is 1. The van der Waals surface area contributed by atoms with E-state index >= 15 is 0 Å². The van der Waals surface area contributed by atoms with E-state index in [-0.39, 0.29) is 4.88 Å². The molecule has 0 spiro atoms. The van der Waals surface area contributed by atoms with Crippen molar-refractivity contribution in [2.75, 3.05) is 0 Å². The van der Waals surface area contributed by atoms with Gasteiger partial charge in [0.05, 0.1) is 0 Å². The van der Waals surface area contributed by atoms with E-state index < -0.39 is 11.6 Å². The summed E-state index contributed by atoms with van der Waals surface area (Å²) in [7, 11) is 0. The zero-order valence-corrected chi connectivity index (χ0v) is 8.68. The van der Waals surface area contributed by atoms with Crippen LogP contribution in [0.2, 0.25) is 0 Å². The second kappa shape index (κ2) is 3.82. The summed E-state index contributed by atoms with van der Waals surface area (Å²) < 4.78 is 0. The first kappa shape index (κ1) is 10.8. The number of aromatic carboxylic acids is 1. The van der Waals surface area contributed by atoms with Crippen molar-refractivity contribution < 1.29 is 15.0 Å². The van der Waals surface area contributed by atoms with Gasteiger partial charge in [0.25, 0.3) is 0 Å². The van der Waals surface area contributed by atoms with Gasteiger partial charge in [-0.3, -0.25) is 0 Å². The van der Waals surface area contributed by atoms with Crippen molar-refractivity contribution in [3.63, 3.8) is 0 Å². The topological polar surface area (TPSA) is 57.5 Å². The smallest absolute Gasteiger partial charge is 0.345 e. The molecule has 1 rings (SSSR count). The molecule has 0 aliphatic rings. The van der Waals surface area contributed by atoms with Gasteiger partial charge in [0.1, 0.15) is 10.5 Å². The zero-order valence-electron chi connectivity index (χ0n) is 7.87. The van der Waals surface area contributed by atoms with Crippen molar-refractivity contribution in [2.45, 2.75) is 19.4 Å². The first-order valence-corrected chi connectivity index (χ1v) is 4.84. The molecule has 0 aliphatic heterocycles. The van der Waals surface area contributed by atoms with E-state index in [1.807, 2.05) is 0 Å². The van der Waals surface area contributed by atoms with Crippen LogP contribution in [0.1, 0.15) is 29.1 Å². The highest BCUT2D eigenvalue weighted by atomic mass is 32.1. The Morgan fingerprint density at radius 3 is 2.64 bits per heavy atom. The van der Waals surface area contributed by atoms with Gasteiger partial charge in [-0.2, -0.15) is 0 Å². The highest BCUT2D eigenvalue weighted by molar-refractivity contribution is 7.12. The van der Waals surface area contributed by atoms with Crippen molar-refractivity contribution in [1.82, 2.24) is 0 Å². The molecule has 0 atom stereocenters. The van der Waals surface area contributed by atoms with Crippen LogP contribution in [-0.2, 0) is 0 Å². The van der Waals surface area contributed by atoms with E-state index in [9.17, 15) is 9.90 Å². The van der Waals surface area contributed by atoms with Gasteiger partial charge in [0, 0.05) is 10.9 Å². The second-order valence-electron chi connectivity index (χ2n) is 3.31. The maximum Gasteiger partial charge on any atom is 0.345 e. The second-order valence-corrected chi connectivity index (χ2v) is 4.23. The fourth-order valence-corrected chi connectivity index (χ4v) is 1.42. The monoisotopic (exact) mass is 210 g/mol. The maximum absolute atomic E-state index is 10.5. The molecular formula is C10H10O3S. The Balaban J connectivity index is 2.87. The van der Waals surface area contributed by atoms with E-state index in [4.69, 9.17) is 5.11 Å². The Labute approximate surface area is 86.0 Å². The fourth-order valence-electron chi connectivity index (χ4n) is 0.739. The Morgan fingerprint density at radius 2 is 2.21 bits per heavy atom. The average molecular weight is 210 g/mol. The van der Waals surface area contributed by atoms with E-state index in [0.717, 1.165) is 11.3 Å². The van der Waals surface area contributed by atoms with Gasteiger partial charge in [-0.15, -0.1) is 11.3 Å². The van der Waals surface area contributed by atoms with Crippen LogP contribution in [-0.4, -0.2) is 21.8 Å². The third-order valence-corrected chi connectivity index (χ3v) is 2.24. The molecule has 0 bridgehead atoms. The molecule has 0 unspecified atom stereocenters. The summed E-state index contributed by atoms with van der Waals surface area (Å²) in [5.41, 5.74) is -0.430. The molecule has 0 amide bonds. The highest BCUT2D eigenvalue weighted by Gasteiger charge is 2.07. The average Bonchev–Trinajstić information content (AvgIpc) is 2.47. The van der Waals surface area contributed by atoms with Crippen molar-refractivity contribution >= 4 is 17.3 Å². The lowest BCUT2D eigenvalue weighted by atomic mass is 10.1. The summed E-state index contributed by atoms with van der Waals surface area (Å²) >= 11 is 1.12. The number of carboxylic acid groups (broad SMARTS) is 1. The van der Waals surface area contributed by atoms with Crippen LogP contribution in [0.3, 0.4) is 0 Å². The molecule has 3 nitrogen and oxygen atoms in total. The van der Waals surface area contributed by atoms with E-state index in [1.54, 1.807) is 19.2 Å². The van der Waals surface area contributed by atoms with Crippen molar-refractivity contribution in [3.8, 4) is 11.8 Å². The van der Waals surface area contributed by atoms with Gasteiger partial charge < -0.3 is 10.2 Å². The van der Waals surface area contributed by atoms with Gasteiger partial charge in [-0.05, 0) is 19.9 Å². The standard InChI is InChI=1S/C10H10O3S/c1-10(2,13)4-3-7-5-8(9(11)12)14-6-7/h5-6,13H,1-2H3,(H,11,12). The number of hydrogen-bond acceptors (Lipinski definition) is 3. The third-order valence-electron chi connectivity index (χ3n) is 1.32. The number of hydrogen-bond donors (Lipinski definition) is 2. The SMILES string of the molecule is CC(C)(O)C#Cc1csc(C(=O)O)c1. The number of carbonyl (C=O) groups is 1. The Kier molecular flexibility index (Phi) is 2.94. The van der Waals surface area contributed by atoms with Crippen molar-refractivity contribution in [1.29, 1.82) is 0 Å². The van der Waals surface area contributed by atoms with Gasteiger partial charge in [-0.25, -0.2) is 4.79 Å². The molecule has 0 aromatic carbocycles. The molecule has 1 aromatic heterocycles. The van der Waals surface area contributed by atoms with Crippen LogP contribution in [0.4, 0.5) is 0 Å². The Morgan fingerprint density at radius 1 is 1.57 bits per heavy atom. The van der Waals surface area contributed by atoms with Gasteiger partial charge in [0.15, 0.2) is 0 Å². The van der Waals surface area contributed by atoms with Gasteiger partial charge in [0.2, 0.25) is 0 Å². The minimum atomic E-state index is -1.05. The normalized spacial score (nSPS) is 10.5.